The van der Waals surface area contributed by atoms with E-state index in [1.54, 1.807) is 0 Å². The van der Waals surface area contributed by atoms with Gasteiger partial charge in [-0.15, -0.1) is 0 Å². The van der Waals surface area contributed by atoms with Crippen LogP contribution in [0, 0.1) is 10.1 Å². The highest BCUT2D eigenvalue weighted by atomic mass is 79.9. The van der Waals surface area contributed by atoms with Gasteiger partial charge in [0.25, 0.3) is 5.69 Å². The molecule has 0 fully saturated rings. The maximum atomic E-state index is 12.9. The van der Waals surface area contributed by atoms with Crippen LogP contribution in [-0.4, -0.2) is 23.9 Å². The third kappa shape index (κ3) is 2.10. The van der Waals surface area contributed by atoms with E-state index in [1.807, 2.05) is 0 Å². The molecule has 1 aliphatic rings. The zero-order valence-electron chi connectivity index (χ0n) is 9.03. The van der Waals surface area contributed by atoms with Crippen molar-refractivity contribution in [3.05, 3.63) is 40.0 Å². The zero-order valence-corrected chi connectivity index (χ0v) is 10.6. The largest absolute Gasteiger partial charge is 0.477 e. The number of nitro benzene ring substituents is 1. The Morgan fingerprint density at radius 3 is 2.61 bits per heavy atom. The first-order valence-electron chi connectivity index (χ1n) is 4.99. The lowest BCUT2D eigenvalue weighted by Crippen LogP contribution is -2.40. The van der Waals surface area contributed by atoms with Crippen molar-refractivity contribution in [3.8, 4) is 5.75 Å². The molecule has 0 amide bonds. The van der Waals surface area contributed by atoms with Crippen LogP contribution in [0.5, 0.6) is 5.75 Å². The summed E-state index contributed by atoms with van der Waals surface area (Å²) in [6.45, 7) is -2.04. The molecule has 0 unspecified atom stereocenters. The summed E-state index contributed by atoms with van der Waals surface area (Å²) in [6, 6.07) is 3.85. The van der Waals surface area contributed by atoms with E-state index in [2.05, 4.69) is 15.9 Å². The van der Waals surface area contributed by atoms with Crippen molar-refractivity contribution < 1.29 is 18.4 Å². The van der Waals surface area contributed by atoms with Gasteiger partial charge in [-0.05, 0) is 12.1 Å². The van der Waals surface area contributed by atoms with Crippen molar-refractivity contribution in [1.82, 2.24) is 0 Å². The van der Waals surface area contributed by atoms with Crippen LogP contribution in [0.15, 0.2) is 24.3 Å². The van der Waals surface area contributed by atoms with E-state index in [9.17, 15) is 18.9 Å². The minimum absolute atomic E-state index is 0.115. The average molecular weight is 320 g/mol. The minimum atomic E-state index is -1.65. The molecule has 0 bridgehead atoms. The Labute approximate surface area is 110 Å². The molecule has 1 aliphatic heterocycles. The fraction of sp³-hybridized carbons (Fsp3) is 0.273. The standard InChI is InChI=1S/C11H8BrF2NO3/c12-9-4-11(5-13,6-14)18-10-2-1-7(15(16)17)3-8(9)10/h1-4H,5-6H2. The second kappa shape index (κ2) is 4.64. The SMILES string of the molecule is O=[N+]([O-])c1ccc2c(c1)C(Br)=CC(CF)(CF)O2. The molecule has 0 aliphatic carbocycles. The molecule has 0 atom stereocenters. The lowest BCUT2D eigenvalue weighted by Gasteiger charge is -2.31. The molecule has 0 saturated heterocycles. The van der Waals surface area contributed by atoms with Crippen LogP contribution in [-0.2, 0) is 0 Å². The number of alkyl halides is 2. The monoisotopic (exact) mass is 319 g/mol. The van der Waals surface area contributed by atoms with Gasteiger partial charge in [0.05, 0.1) is 4.92 Å². The van der Waals surface area contributed by atoms with E-state index in [4.69, 9.17) is 4.74 Å². The summed E-state index contributed by atoms with van der Waals surface area (Å²) in [5.41, 5.74) is -1.36. The van der Waals surface area contributed by atoms with E-state index in [-0.39, 0.29) is 11.4 Å². The highest BCUT2D eigenvalue weighted by Crippen LogP contribution is 2.41. The predicted octanol–water partition coefficient (Wildman–Crippen LogP) is 3.40. The number of nitrogens with zero attached hydrogens (tertiary/aromatic N) is 1. The summed E-state index contributed by atoms with van der Waals surface area (Å²) in [6.07, 6.45) is 1.25. The minimum Gasteiger partial charge on any atom is -0.477 e. The molecule has 0 spiro atoms. The van der Waals surface area contributed by atoms with Gasteiger partial charge in [0.2, 0.25) is 0 Å². The van der Waals surface area contributed by atoms with Crippen LogP contribution in [0.3, 0.4) is 0 Å². The quantitative estimate of drug-likeness (QED) is 0.633. The van der Waals surface area contributed by atoms with E-state index in [0.29, 0.717) is 10.0 Å². The van der Waals surface area contributed by atoms with Gasteiger partial charge >= 0.3 is 0 Å². The second-order valence-corrected chi connectivity index (χ2v) is 4.72. The fourth-order valence-corrected chi connectivity index (χ4v) is 2.36. The smallest absolute Gasteiger partial charge is 0.270 e. The number of halogens is 3. The average Bonchev–Trinajstić information content (AvgIpc) is 2.38. The molecule has 1 heterocycles. The van der Waals surface area contributed by atoms with Crippen LogP contribution in [0.1, 0.15) is 5.56 Å². The molecule has 2 rings (SSSR count). The Kier molecular flexibility index (Phi) is 3.34. The van der Waals surface area contributed by atoms with Crippen molar-refractivity contribution in [3.63, 3.8) is 0 Å². The number of benzene rings is 1. The number of rotatable bonds is 3. The summed E-state index contributed by atoms with van der Waals surface area (Å²) in [7, 11) is 0. The Morgan fingerprint density at radius 1 is 1.39 bits per heavy atom. The van der Waals surface area contributed by atoms with Crippen molar-refractivity contribution >= 4 is 26.1 Å². The van der Waals surface area contributed by atoms with Gasteiger partial charge in [-0.2, -0.15) is 0 Å². The van der Waals surface area contributed by atoms with Gasteiger partial charge in [-0.25, -0.2) is 8.78 Å². The summed E-state index contributed by atoms with van der Waals surface area (Å²) in [5, 5.41) is 10.6. The highest BCUT2D eigenvalue weighted by Gasteiger charge is 2.36. The Morgan fingerprint density at radius 2 is 2.06 bits per heavy atom. The number of fused-ring (bicyclic) bond motifs is 1. The Bertz CT molecular complexity index is 529. The fourth-order valence-electron chi connectivity index (χ4n) is 1.63. The van der Waals surface area contributed by atoms with Gasteiger partial charge in [0.1, 0.15) is 19.1 Å². The lowest BCUT2D eigenvalue weighted by molar-refractivity contribution is -0.384. The first-order chi connectivity index (χ1) is 8.51. The molecule has 1 aromatic carbocycles. The number of non-ortho nitro benzene ring substituents is 1. The van der Waals surface area contributed by atoms with Crippen LogP contribution in [0.2, 0.25) is 0 Å². The summed E-state index contributed by atoms with van der Waals surface area (Å²) < 4.78 is 31.4. The highest BCUT2D eigenvalue weighted by molar-refractivity contribution is 9.15. The van der Waals surface area contributed by atoms with Gasteiger partial charge in [0.15, 0.2) is 5.60 Å². The maximum Gasteiger partial charge on any atom is 0.270 e. The first-order valence-corrected chi connectivity index (χ1v) is 5.79. The van der Waals surface area contributed by atoms with E-state index in [1.165, 1.54) is 24.3 Å². The van der Waals surface area contributed by atoms with Crippen molar-refractivity contribution in [2.45, 2.75) is 5.60 Å². The molecule has 0 saturated carbocycles. The van der Waals surface area contributed by atoms with Crippen LogP contribution in [0.25, 0.3) is 4.48 Å². The second-order valence-electron chi connectivity index (χ2n) is 3.86. The van der Waals surface area contributed by atoms with Gasteiger partial charge in [-0.3, -0.25) is 10.1 Å². The van der Waals surface area contributed by atoms with Crippen LogP contribution in [0.4, 0.5) is 14.5 Å². The Hall–Kier alpha value is -1.50. The van der Waals surface area contributed by atoms with Crippen LogP contribution < -0.4 is 4.74 Å². The van der Waals surface area contributed by atoms with E-state index in [0.717, 1.165) is 0 Å². The molecular weight excluding hydrogens is 312 g/mol. The normalized spacial score (nSPS) is 16.5. The van der Waals surface area contributed by atoms with E-state index < -0.39 is 23.9 Å². The molecule has 0 N–H and O–H groups in total. The number of nitro groups is 1. The van der Waals surface area contributed by atoms with Gasteiger partial charge < -0.3 is 4.74 Å². The predicted molar refractivity (Wildman–Crippen MR) is 65.3 cm³/mol. The van der Waals surface area contributed by atoms with E-state index >= 15 is 0 Å². The summed E-state index contributed by atoms with van der Waals surface area (Å²) >= 11 is 3.15. The van der Waals surface area contributed by atoms with Crippen molar-refractivity contribution in [2.24, 2.45) is 0 Å². The number of ether oxygens (including phenoxy) is 1. The first kappa shape index (κ1) is 12.9. The summed E-state index contributed by atoms with van der Waals surface area (Å²) in [5.74, 6) is 0.213. The molecule has 0 aromatic heterocycles. The lowest BCUT2D eigenvalue weighted by atomic mass is 10.0. The van der Waals surface area contributed by atoms with Crippen molar-refractivity contribution in [2.75, 3.05) is 13.3 Å². The third-order valence-electron chi connectivity index (χ3n) is 2.59. The van der Waals surface area contributed by atoms with Crippen molar-refractivity contribution in [1.29, 1.82) is 0 Å². The number of hydrogen-bond acceptors (Lipinski definition) is 3. The zero-order chi connectivity index (χ0) is 13.3. The molecule has 1 aromatic rings. The molecule has 18 heavy (non-hydrogen) atoms. The molecule has 96 valence electrons. The van der Waals surface area contributed by atoms with Gasteiger partial charge in [-0.1, -0.05) is 15.9 Å². The van der Waals surface area contributed by atoms with Crippen LogP contribution >= 0.6 is 15.9 Å². The molecule has 4 nitrogen and oxygen atoms in total. The topological polar surface area (TPSA) is 52.4 Å². The Balaban J connectivity index is 2.50. The maximum absolute atomic E-state index is 12.9. The molecule has 0 radical (unpaired) electrons. The third-order valence-corrected chi connectivity index (χ3v) is 3.24. The van der Waals surface area contributed by atoms with Gasteiger partial charge in [0, 0.05) is 22.2 Å². The summed E-state index contributed by atoms with van der Waals surface area (Å²) in [4.78, 5) is 10.1. The molecular formula is C11H8BrF2NO3. The number of hydrogen-bond donors (Lipinski definition) is 0. The molecule has 7 heteroatoms.